The Kier molecular flexibility index (Phi) is 5.14. The van der Waals surface area contributed by atoms with Gasteiger partial charge < -0.3 is 4.52 Å². The molecule has 130 valence electrons. The third-order valence-corrected chi connectivity index (χ3v) is 4.59. The second-order valence-corrected chi connectivity index (χ2v) is 6.97. The molecule has 0 aromatic carbocycles. The lowest BCUT2D eigenvalue weighted by molar-refractivity contribution is 0.180. The highest BCUT2D eigenvalue weighted by Crippen LogP contribution is 2.27. The van der Waals surface area contributed by atoms with Crippen LogP contribution in [0.2, 0.25) is 0 Å². The van der Waals surface area contributed by atoms with Crippen molar-refractivity contribution in [2.75, 3.05) is 13.1 Å². The van der Waals surface area contributed by atoms with E-state index in [1.807, 2.05) is 10.8 Å². The summed E-state index contributed by atoms with van der Waals surface area (Å²) in [5.74, 6) is 2.24. The van der Waals surface area contributed by atoms with Crippen LogP contribution in [0.3, 0.4) is 0 Å². The van der Waals surface area contributed by atoms with Gasteiger partial charge in [0.2, 0.25) is 5.89 Å². The molecule has 0 unspecified atom stereocenters. The van der Waals surface area contributed by atoms with E-state index in [9.17, 15) is 0 Å². The highest BCUT2D eigenvalue weighted by atomic mass is 16.5. The fraction of sp³-hybridized carbons (Fsp3) is 0.611. The van der Waals surface area contributed by atoms with Crippen molar-refractivity contribution in [2.45, 2.75) is 58.5 Å². The summed E-state index contributed by atoms with van der Waals surface area (Å²) in [5, 5.41) is 8.65. The van der Waals surface area contributed by atoms with Crippen molar-refractivity contribution in [2.24, 2.45) is 0 Å². The number of allylic oxidation sites excluding steroid dienone is 1. The standard InChI is InChI=1S/C18H27N5O/c1-5-8-23-12-16(14(4)20-23)11-22-9-6-7-15(10-22)18-19-17(13(2)3)21-24-18/h5,12-13,15H,1,6-11H2,2-4H3/t15-/m1/s1. The molecule has 2 aromatic rings. The molecule has 0 N–H and O–H groups in total. The smallest absolute Gasteiger partial charge is 0.231 e. The lowest BCUT2D eigenvalue weighted by atomic mass is 9.97. The highest BCUT2D eigenvalue weighted by molar-refractivity contribution is 5.16. The zero-order valence-corrected chi connectivity index (χ0v) is 14.9. The summed E-state index contributed by atoms with van der Waals surface area (Å²) < 4.78 is 7.46. The van der Waals surface area contributed by atoms with Crippen LogP contribution in [-0.2, 0) is 13.1 Å². The number of hydrogen-bond donors (Lipinski definition) is 0. The number of aryl methyl sites for hydroxylation is 1. The molecule has 0 aliphatic carbocycles. The van der Waals surface area contributed by atoms with Crippen molar-refractivity contribution in [3.8, 4) is 0 Å². The Balaban J connectivity index is 1.65. The van der Waals surface area contributed by atoms with Crippen LogP contribution in [0.1, 0.15) is 61.5 Å². The molecule has 24 heavy (non-hydrogen) atoms. The molecule has 6 heteroatoms. The first kappa shape index (κ1) is 16.9. The van der Waals surface area contributed by atoms with Crippen LogP contribution in [0.15, 0.2) is 23.4 Å². The molecular weight excluding hydrogens is 302 g/mol. The first-order valence-electron chi connectivity index (χ1n) is 8.76. The van der Waals surface area contributed by atoms with Gasteiger partial charge in [0, 0.05) is 30.8 Å². The number of aromatic nitrogens is 4. The molecule has 0 spiro atoms. The molecule has 0 bridgehead atoms. The lowest BCUT2D eigenvalue weighted by Gasteiger charge is -2.30. The summed E-state index contributed by atoms with van der Waals surface area (Å²) in [6.07, 6.45) is 6.27. The summed E-state index contributed by atoms with van der Waals surface area (Å²) in [4.78, 5) is 7.06. The quantitative estimate of drug-likeness (QED) is 0.761. The normalized spacial score (nSPS) is 19.1. The Morgan fingerprint density at radius 1 is 1.46 bits per heavy atom. The Labute approximate surface area is 143 Å². The summed E-state index contributed by atoms with van der Waals surface area (Å²) in [7, 11) is 0. The molecule has 1 fully saturated rings. The monoisotopic (exact) mass is 329 g/mol. The van der Waals surface area contributed by atoms with Crippen molar-refractivity contribution >= 4 is 0 Å². The van der Waals surface area contributed by atoms with Gasteiger partial charge in [0.05, 0.1) is 18.2 Å². The molecule has 3 heterocycles. The number of hydrogen-bond acceptors (Lipinski definition) is 5. The van der Waals surface area contributed by atoms with Crippen LogP contribution in [0.5, 0.6) is 0 Å². The average molecular weight is 329 g/mol. The molecule has 0 saturated carbocycles. The average Bonchev–Trinajstić information content (AvgIpc) is 3.16. The Hall–Kier alpha value is -1.95. The minimum absolute atomic E-state index is 0.306. The molecular formula is C18H27N5O. The number of likely N-dealkylation sites (tertiary alicyclic amines) is 1. The van der Waals surface area contributed by atoms with E-state index >= 15 is 0 Å². The maximum atomic E-state index is 5.51. The predicted octanol–water partition coefficient (Wildman–Crippen LogP) is 3.26. The molecule has 6 nitrogen and oxygen atoms in total. The van der Waals surface area contributed by atoms with E-state index in [0.29, 0.717) is 11.8 Å². The molecule has 0 radical (unpaired) electrons. The Morgan fingerprint density at radius 3 is 3.00 bits per heavy atom. The molecule has 2 aromatic heterocycles. The van der Waals surface area contributed by atoms with Gasteiger partial charge in [-0.25, -0.2) is 0 Å². The maximum absolute atomic E-state index is 5.51. The molecule has 1 aliphatic rings. The van der Waals surface area contributed by atoms with Gasteiger partial charge in [0.25, 0.3) is 0 Å². The number of piperidine rings is 1. The SMILES string of the molecule is C=CCn1cc(CN2CCC[C@@H](c3nc(C(C)C)no3)C2)c(C)n1. The van der Waals surface area contributed by atoms with E-state index in [-0.39, 0.29) is 0 Å². The van der Waals surface area contributed by atoms with Crippen molar-refractivity contribution in [1.82, 2.24) is 24.8 Å². The Morgan fingerprint density at radius 2 is 2.29 bits per heavy atom. The highest BCUT2D eigenvalue weighted by Gasteiger charge is 2.27. The number of nitrogens with zero attached hydrogens (tertiary/aromatic N) is 5. The van der Waals surface area contributed by atoms with Crippen LogP contribution in [0.25, 0.3) is 0 Å². The van der Waals surface area contributed by atoms with Gasteiger partial charge in [-0.05, 0) is 26.3 Å². The van der Waals surface area contributed by atoms with Gasteiger partial charge in [0.1, 0.15) is 0 Å². The van der Waals surface area contributed by atoms with E-state index < -0.39 is 0 Å². The van der Waals surface area contributed by atoms with E-state index in [4.69, 9.17) is 4.52 Å². The maximum Gasteiger partial charge on any atom is 0.231 e. The zero-order valence-electron chi connectivity index (χ0n) is 14.9. The second kappa shape index (κ2) is 7.30. The van der Waals surface area contributed by atoms with Gasteiger partial charge in [-0.1, -0.05) is 25.1 Å². The zero-order chi connectivity index (χ0) is 17.1. The van der Waals surface area contributed by atoms with Crippen molar-refractivity contribution < 1.29 is 4.52 Å². The van der Waals surface area contributed by atoms with Gasteiger partial charge in [0.15, 0.2) is 5.82 Å². The van der Waals surface area contributed by atoms with Crippen LogP contribution < -0.4 is 0 Å². The predicted molar refractivity (Wildman–Crippen MR) is 92.8 cm³/mol. The van der Waals surface area contributed by atoms with E-state index in [0.717, 1.165) is 56.4 Å². The third kappa shape index (κ3) is 3.75. The van der Waals surface area contributed by atoms with Gasteiger partial charge >= 0.3 is 0 Å². The minimum atomic E-state index is 0.306. The largest absolute Gasteiger partial charge is 0.339 e. The van der Waals surface area contributed by atoms with Crippen LogP contribution >= 0.6 is 0 Å². The third-order valence-electron chi connectivity index (χ3n) is 4.59. The first-order chi connectivity index (χ1) is 11.6. The van der Waals surface area contributed by atoms with E-state index in [1.54, 1.807) is 0 Å². The van der Waals surface area contributed by atoms with Crippen LogP contribution in [0, 0.1) is 6.92 Å². The van der Waals surface area contributed by atoms with Crippen molar-refractivity contribution in [3.05, 3.63) is 41.8 Å². The first-order valence-corrected chi connectivity index (χ1v) is 8.76. The van der Waals surface area contributed by atoms with Crippen molar-refractivity contribution in [3.63, 3.8) is 0 Å². The number of rotatable bonds is 6. The topological polar surface area (TPSA) is 60.0 Å². The lowest BCUT2D eigenvalue weighted by Crippen LogP contribution is -2.34. The van der Waals surface area contributed by atoms with E-state index in [2.05, 4.69) is 53.7 Å². The Bertz CT molecular complexity index is 687. The van der Waals surface area contributed by atoms with Gasteiger partial charge in [-0.15, -0.1) is 6.58 Å². The van der Waals surface area contributed by atoms with E-state index in [1.165, 1.54) is 5.56 Å². The fourth-order valence-electron chi connectivity index (χ4n) is 3.23. The summed E-state index contributed by atoms with van der Waals surface area (Å²) in [5.41, 5.74) is 2.38. The molecule has 1 saturated heterocycles. The molecule has 1 aliphatic heterocycles. The van der Waals surface area contributed by atoms with Crippen LogP contribution in [0.4, 0.5) is 0 Å². The summed E-state index contributed by atoms with van der Waals surface area (Å²) in [6.45, 7) is 13.8. The van der Waals surface area contributed by atoms with Crippen molar-refractivity contribution in [1.29, 1.82) is 0 Å². The van der Waals surface area contributed by atoms with Gasteiger partial charge in [-0.3, -0.25) is 9.58 Å². The minimum Gasteiger partial charge on any atom is -0.339 e. The van der Waals surface area contributed by atoms with Gasteiger partial charge in [-0.2, -0.15) is 10.1 Å². The molecule has 3 rings (SSSR count). The molecule has 0 amide bonds. The summed E-state index contributed by atoms with van der Waals surface area (Å²) in [6, 6.07) is 0. The molecule has 1 atom stereocenters. The summed E-state index contributed by atoms with van der Waals surface area (Å²) >= 11 is 0. The fourth-order valence-corrected chi connectivity index (χ4v) is 3.23. The van der Waals surface area contributed by atoms with Crippen LogP contribution in [-0.4, -0.2) is 37.9 Å². The second-order valence-electron chi connectivity index (χ2n) is 6.97.